The Morgan fingerprint density at radius 1 is 1.31 bits per heavy atom. The quantitative estimate of drug-likeness (QED) is 0.608. The Bertz CT molecular complexity index is 801. The fraction of sp³-hybridized carbons (Fsp3) is 0.389. The fourth-order valence-electron chi connectivity index (χ4n) is 2.60. The number of hydrogen-bond acceptors (Lipinski definition) is 6. The van der Waals surface area contributed by atoms with Crippen LogP contribution >= 0.6 is 11.8 Å². The van der Waals surface area contributed by atoms with E-state index in [0.29, 0.717) is 42.9 Å². The molecule has 1 amide bonds. The second-order valence-corrected chi connectivity index (χ2v) is 6.81. The molecule has 138 valence electrons. The lowest BCUT2D eigenvalue weighted by atomic mass is 10.2. The molecule has 8 heteroatoms. The van der Waals surface area contributed by atoms with E-state index in [4.69, 9.17) is 9.47 Å². The van der Waals surface area contributed by atoms with E-state index in [0.717, 1.165) is 11.3 Å². The monoisotopic (exact) mass is 375 g/mol. The number of aromatic amines is 1. The van der Waals surface area contributed by atoms with E-state index < -0.39 is 0 Å². The van der Waals surface area contributed by atoms with Crippen LogP contribution in [0, 0.1) is 0 Å². The van der Waals surface area contributed by atoms with Gasteiger partial charge in [-0.3, -0.25) is 9.59 Å². The second kappa shape index (κ2) is 8.86. The highest BCUT2D eigenvalue weighted by atomic mass is 32.2. The number of H-pyrrole nitrogens is 1. The molecule has 7 nitrogen and oxygen atoms in total. The highest BCUT2D eigenvalue weighted by Gasteiger charge is 2.18. The molecule has 0 bridgehead atoms. The molecule has 0 spiro atoms. The van der Waals surface area contributed by atoms with Crippen LogP contribution in [-0.2, 0) is 21.7 Å². The zero-order valence-electron chi connectivity index (χ0n) is 14.6. The lowest BCUT2D eigenvalue weighted by Crippen LogP contribution is -2.41. The summed E-state index contributed by atoms with van der Waals surface area (Å²) in [5.41, 5.74) is 1.33. The standard InChI is InChI=1S/C18H21N3O4S/c1-24-15-4-2-13(3-5-15)12-26-18-19-14(10-16(22)20-18)11-17(23)21-6-8-25-9-7-21/h2-5,10H,6-9,11-12H2,1H3,(H,19,20,22). The Hall–Kier alpha value is -2.32. The highest BCUT2D eigenvalue weighted by Crippen LogP contribution is 2.20. The largest absolute Gasteiger partial charge is 0.497 e. The van der Waals surface area contributed by atoms with E-state index in [1.165, 1.54) is 17.8 Å². The minimum Gasteiger partial charge on any atom is -0.497 e. The molecule has 1 aliphatic rings. The first-order valence-corrected chi connectivity index (χ1v) is 9.34. The Morgan fingerprint density at radius 2 is 2.04 bits per heavy atom. The molecule has 2 heterocycles. The molecule has 1 fully saturated rings. The van der Waals surface area contributed by atoms with Crippen molar-refractivity contribution in [2.24, 2.45) is 0 Å². The number of aromatic nitrogens is 2. The number of morpholine rings is 1. The number of methoxy groups -OCH3 is 1. The lowest BCUT2D eigenvalue weighted by Gasteiger charge is -2.26. The molecule has 1 aliphatic heterocycles. The van der Waals surface area contributed by atoms with E-state index in [2.05, 4.69) is 9.97 Å². The lowest BCUT2D eigenvalue weighted by molar-refractivity contribution is -0.134. The van der Waals surface area contributed by atoms with E-state index in [1.54, 1.807) is 12.0 Å². The van der Waals surface area contributed by atoms with Crippen molar-refractivity contribution in [1.29, 1.82) is 0 Å². The molecule has 0 atom stereocenters. The first-order valence-electron chi connectivity index (χ1n) is 8.35. The maximum atomic E-state index is 12.3. The molecule has 2 aromatic rings. The van der Waals surface area contributed by atoms with Gasteiger partial charge < -0.3 is 19.4 Å². The van der Waals surface area contributed by atoms with Gasteiger partial charge in [0.25, 0.3) is 5.56 Å². The van der Waals surface area contributed by atoms with Gasteiger partial charge in [0.2, 0.25) is 5.91 Å². The number of nitrogens with one attached hydrogen (secondary N) is 1. The number of carbonyl (C=O) groups excluding carboxylic acids is 1. The predicted octanol–water partition coefficient (Wildman–Crippen LogP) is 1.47. The van der Waals surface area contributed by atoms with Crippen molar-refractivity contribution in [3.8, 4) is 5.75 Å². The van der Waals surface area contributed by atoms with E-state index in [1.807, 2.05) is 24.3 Å². The van der Waals surface area contributed by atoms with Crippen LogP contribution in [0.3, 0.4) is 0 Å². The highest BCUT2D eigenvalue weighted by molar-refractivity contribution is 7.98. The van der Waals surface area contributed by atoms with Crippen molar-refractivity contribution in [3.05, 3.63) is 51.9 Å². The average Bonchev–Trinajstić information content (AvgIpc) is 2.67. The topological polar surface area (TPSA) is 84.5 Å². The Kier molecular flexibility index (Phi) is 6.30. The number of hydrogen-bond donors (Lipinski definition) is 1. The molecule has 0 unspecified atom stereocenters. The van der Waals surface area contributed by atoms with Gasteiger partial charge in [-0.25, -0.2) is 4.98 Å². The molecule has 1 aromatic carbocycles. The van der Waals surface area contributed by atoms with Crippen LogP contribution in [-0.4, -0.2) is 54.2 Å². The van der Waals surface area contributed by atoms with Crippen LogP contribution in [0.5, 0.6) is 5.75 Å². The summed E-state index contributed by atoms with van der Waals surface area (Å²) >= 11 is 1.43. The molecule has 0 saturated carbocycles. The van der Waals surface area contributed by atoms with Crippen molar-refractivity contribution >= 4 is 17.7 Å². The van der Waals surface area contributed by atoms with Crippen molar-refractivity contribution in [1.82, 2.24) is 14.9 Å². The molecule has 0 radical (unpaired) electrons. The van der Waals surface area contributed by atoms with Gasteiger partial charge >= 0.3 is 0 Å². The van der Waals surface area contributed by atoms with Gasteiger partial charge in [0.05, 0.1) is 32.4 Å². The van der Waals surface area contributed by atoms with Gasteiger partial charge in [0.1, 0.15) is 5.75 Å². The van der Waals surface area contributed by atoms with Crippen LogP contribution in [0.15, 0.2) is 40.3 Å². The van der Waals surface area contributed by atoms with Crippen LogP contribution in [0.2, 0.25) is 0 Å². The number of carbonyl (C=O) groups is 1. The molecular weight excluding hydrogens is 354 g/mol. The third kappa shape index (κ3) is 5.09. The van der Waals surface area contributed by atoms with E-state index in [-0.39, 0.29) is 17.9 Å². The number of amides is 1. The molecule has 1 aromatic heterocycles. The molecular formula is C18H21N3O4S. The SMILES string of the molecule is COc1ccc(CSc2nc(CC(=O)N3CCOCC3)cc(=O)[nH]2)cc1. The van der Waals surface area contributed by atoms with Gasteiger partial charge in [-0.1, -0.05) is 23.9 Å². The van der Waals surface area contributed by atoms with Crippen LogP contribution in [0.4, 0.5) is 0 Å². The first kappa shape index (κ1) is 18.5. The maximum Gasteiger partial charge on any atom is 0.251 e. The van der Waals surface area contributed by atoms with Crippen LogP contribution < -0.4 is 10.3 Å². The van der Waals surface area contributed by atoms with E-state index in [9.17, 15) is 9.59 Å². The maximum absolute atomic E-state index is 12.3. The molecule has 0 aliphatic carbocycles. The normalized spacial score (nSPS) is 14.3. The van der Waals surface area contributed by atoms with E-state index >= 15 is 0 Å². The zero-order chi connectivity index (χ0) is 18.4. The van der Waals surface area contributed by atoms with Gasteiger partial charge in [-0.05, 0) is 17.7 Å². The number of rotatable bonds is 6. The molecule has 26 heavy (non-hydrogen) atoms. The van der Waals surface area contributed by atoms with Gasteiger partial charge in [-0.2, -0.15) is 0 Å². The second-order valence-electron chi connectivity index (χ2n) is 5.85. The molecule has 1 saturated heterocycles. The summed E-state index contributed by atoms with van der Waals surface area (Å²) in [6.45, 7) is 2.28. The fourth-order valence-corrected chi connectivity index (χ4v) is 3.45. The number of ether oxygens (including phenoxy) is 2. The van der Waals surface area contributed by atoms with Crippen molar-refractivity contribution in [3.63, 3.8) is 0 Å². The summed E-state index contributed by atoms with van der Waals surface area (Å²) in [7, 11) is 1.63. The summed E-state index contributed by atoms with van der Waals surface area (Å²) in [6.07, 6.45) is 0.125. The van der Waals surface area contributed by atoms with Gasteiger partial charge in [0, 0.05) is 24.9 Å². The minimum atomic E-state index is -0.248. The van der Waals surface area contributed by atoms with Crippen molar-refractivity contribution in [2.45, 2.75) is 17.3 Å². The zero-order valence-corrected chi connectivity index (χ0v) is 15.4. The third-order valence-electron chi connectivity index (χ3n) is 4.00. The summed E-state index contributed by atoms with van der Waals surface area (Å²) < 4.78 is 10.4. The molecule has 1 N–H and O–H groups in total. The first-order chi connectivity index (χ1) is 12.6. The summed E-state index contributed by atoms with van der Waals surface area (Å²) in [6, 6.07) is 9.11. The summed E-state index contributed by atoms with van der Waals surface area (Å²) in [5, 5.41) is 0.512. The Balaban J connectivity index is 1.62. The summed E-state index contributed by atoms with van der Waals surface area (Å²) in [4.78, 5) is 33.1. The smallest absolute Gasteiger partial charge is 0.251 e. The number of benzene rings is 1. The third-order valence-corrected chi connectivity index (χ3v) is 4.95. The average molecular weight is 375 g/mol. The van der Waals surface area contributed by atoms with Crippen molar-refractivity contribution in [2.75, 3.05) is 33.4 Å². The van der Waals surface area contributed by atoms with Crippen LogP contribution in [0.25, 0.3) is 0 Å². The van der Waals surface area contributed by atoms with Crippen molar-refractivity contribution < 1.29 is 14.3 Å². The molecule has 3 rings (SSSR count). The predicted molar refractivity (Wildman–Crippen MR) is 98.5 cm³/mol. The Labute approximate surface area is 155 Å². The van der Waals surface area contributed by atoms with Gasteiger partial charge in [-0.15, -0.1) is 0 Å². The van der Waals surface area contributed by atoms with Gasteiger partial charge in [0.15, 0.2) is 5.16 Å². The summed E-state index contributed by atoms with van der Waals surface area (Å²) in [5.74, 6) is 1.43. The minimum absolute atomic E-state index is 0.0301. The number of nitrogens with zero attached hydrogens (tertiary/aromatic N) is 2. The number of thioether (sulfide) groups is 1. The van der Waals surface area contributed by atoms with Crippen LogP contribution in [0.1, 0.15) is 11.3 Å². The Morgan fingerprint density at radius 3 is 2.73 bits per heavy atom.